The molecule has 3 aromatic rings. The van der Waals surface area contributed by atoms with Gasteiger partial charge in [0.25, 0.3) is 17.0 Å². The number of amides is 2. The Bertz CT molecular complexity index is 1190. The van der Waals surface area contributed by atoms with Crippen LogP contribution in [0.15, 0.2) is 52.1 Å². The number of fused-ring (bicyclic) bond motifs is 2. The van der Waals surface area contributed by atoms with Crippen LogP contribution in [0.25, 0.3) is 10.8 Å². The predicted molar refractivity (Wildman–Crippen MR) is 98.0 cm³/mol. The predicted octanol–water partition coefficient (Wildman–Crippen LogP) is 0.659. The fourth-order valence-electron chi connectivity index (χ4n) is 2.86. The van der Waals surface area contributed by atoms with Crippen molar-refractivity contribution in [2.75, 3.05) is 17.2 Å². The number of ether oxygens (including phenoxy) is 1. The fraction of sp³-hybridized carbons (Fsp3) is 0.111. The molecule has 1 aliphatic heterocycles. The highest BCUT2D eigenvalue weighted by molar-refractivity contribution is 5.97. The summed E-state index contributed by atoms with van der Waals surface area (Å²) < 4.78 is 6.21. The molecule has 1 aliphatic rings. The summed E-state index contributed by atoms with van der Waals surface area (Å²) in [5.41, 5.74) is -0.0563. The van der Waals surface area contributed by atoms with E-state index in [1.165, 1.54) is 6.07 Å². The maximum atomic E-state index is 12.4. The summed E-state index contributed by atoms with van der Waals surface area (Å²) >= 11 is 0. The maximum Gasteiger partial charge on any atom is 0.273 e. The second kappa shape index (κ2) is 6.45. The normalized spacial score (nSPS) is 12.8. The third-order valence-corrected chi connectivity index (χ3v) is 4.08. The molecular formula is C18H14N4O5. The second-order valence-electron chi connectivity index (χ2n) is 5.97. The molecule has 4 rings (SSSR count). The molecule has 0 atom stereocenters. The summed E-state index contributed by atoms with van der Waals surface area (Å²) in [4.78, 5) is 48.2. The lowest BCUT2D eigenvalue weighted by atomic mass is 10.2. The van der Waals surface area contributed by atoms with Crippen molar-refractivity contribution >= 4 is 34.0 Å². The molecule has 9 nitrogen and oxygen atoms in total. The van der Waals surface area contributed by atoms with E-state index in [1.54, 1.807) is 36.4 Å². The Morgan fingerprint density at radius 1 is 1.11 bits per heavy atom. The number of aromatic amines is 1. The second-order valence-corrected chi connectivity index (χ2v) is 5.97. The Morgan fingerprint density at radius 2 is 1.89 bits per heavy atom. The van der Waals surface area contributed by atoms with Crippen LogP contribution >= 0.6 is 0 Å². The van der Waals surface area contributed by atoms with Crippen molar-refractivity contribution in [1.29, 1.82) is 0 Å². The first kappa shape index (κ1) is 16.6. The summed E-state index contributed by atoms with van der Waals surface area (Å²) in [6.07, 6.45) is 0. The van der Waals surface area contributed by atoms with Gasteiger partial charge in [-0.25, -0.2) is 4.68 Å². The molecule has 0 saturated heterocycles. The van der Waals surface area contributed by atoms with Crippen LogP contribution in [-0.2, 0) is 16.1 Å². The summed E-state index contributed by atoms with van der Waals surface area (Å²) in [6, 6.07) is 11.2. The van der Waals surface area contributed by atoms with Crippen LogP contribution in [0, 0.1) is 0 Å². The highest BCUT2D eigenvalue weighted by Crippen LogP contribution is 2.30. The van der Waals surface area contributed by atoms with Crippen LogP contribution in [0.5, 0.6) is 5.75 Å². The third kappa shape index (κ3) is 3.17. The first-order valence-corrected chi connectivity index (χ1v) is 8.10. The lowest BCUT2D eigenvalue weighted by Crippen LogP contribution is -2.34. The van der Waals surface area contributed by atoms with Gasteiger partial charge in [0.15, 0.2) is 6.61 Å². The van der Waals surface area contributed by atoms with Gasteiger partial charge in [-0.2, -0.15) is 0 Å². The van der Waals surface area contributed by atoms with Crippen molar-refractivity contribution < 1.29 is 14.3 Å². The van der Waals surface area contributed by atoms with Crippen molar-refractivity contribution in [3.63, 3.8) is 0 Å². The molecule has 2 heterocycles. The van der Waals surface area contributed by atoms with E-state index in [9.17, 15) is 19.2 Å². The summed E-state index contributed by atoms with van der Waals surface area (Å²) in [5, 5.41) is 8.17. The van der Waals surface area contributed by atoms with Crippen LogP contribution in [0.1, 0.15) is 0 Å². The smallest absolute Gasteiger partial charge is 0.273 e. The summed E-state index contributed by atoms with van der Waals surface area (Å²) in [6.45, 7) is -0.421. The molecule has 2 aromatic carbocycles. The number of carbonyl (C=O) groups excluding carboxylic acids is 2. The Morgan fingerprint density at radius 3 is 2.70 bits per heavy atom. The van der Waals surface area contributed by atoms with Gasteiger partial charge in [-0.1, -0.05) is 12.1 Å². The number of nitrogens with one attached hydrogen (secondary N) is 3. The van der Waals surface area contributed by atoms with E-state index < -0.39 is 17.0 Å². The molecule has 136 valence electrons. The Hall–Kier alpha value is -3.88. The van der Waals surface area contributed by atoms with Crippen LogP contribution in [-0.4, -0.2) is 28.2 Å². The molecular weight excluding hydrogens is 352 g/mol. The Kier molecular flexibility index (Phi) is 3.96. The first-order valence-electron chi connectivity index (χ1n) is 8.10. The Balaban J connectivity index is 1.57. The number of hydrogen-bond donors (Lipinski definition) is 3. The number of anilines is 2. The van der Waals surface area contributed by atoms with E-state index in [4.69, 9.17) is 4.74 Å². The zero-order chi connectivity index (χ0) is 19.0. The number of hydrogen-bond acceptors (Lipinski definition) is 5. The molecule has 0 saturated carbocycles. The lowest BCUT2D eigenvalue weighted by Gasteiger charge is -2.18. The topological polar surface area (TPSA) is 122 Å². The molecule has 0 radical (unpaired) electrons. The van der Waals surface area contributed by atoms with Gasteiger partial charge in [0, 0.05) is 5.69 Å². The SMILES string of the molecule is O=C(Cn1[nH]c(=O)c2ccccc2c1=O)Nc1ccc2c(c1)NC(=O)CO2. The molecule has 0 unspecified atom stereocenters. The minimum Gasteiger partial charge on any atom is -0.482 e. The van der Waals surface area contributed by atoms with E-state index in [0.717, 1.165) is 4.68 Å². The summed E-state index contributed by atoms with van der Waals surface area (Å²) in [5.74, 6) is -0.292. The van der Waals surface area contributed by atoms with Crippen molar-refractivity contribution in [3.8, 4) is 5.75 Å². The molecule has 0 bridgehead atoms. The molecule has 0 aliphatic carbocycles. The molecule has 3 N–H and O–H groups in total. The minimum atomic E-state index is -0.508. The van der Waals surface area contributed by atoms with Gasteiger partial charge < -0.3 is 15.4 Å². The van der Waals surface area contributed by atoms with Gasteiger partial charge in [0.05, 0.1) is 16.5 Å². The monoisotopic (exact) mass is 366 g/mol. The van der Waals surface area contributed by atoms with E-state index in [1.807, 2.05) is 0 Å². The Labute approximate surface area is 151 Å². The van der Waals surface area contributed by atoms with Gasteiger partial charge in [0.1, 0.15) is 12.3 Å². The average molecular weight is 366 g/mol. The lowest BCUT2D eigenvalue weighted by molar-refractivity contribution is -0.118. The van der Waals surface area contributed by atoms with Crippen molar-refractivity contribution in [3.05, 3.63) is 63.2 Å². The zero-order valence-corrected chi connectivity index (χ0v) is 13.9. The van der Waals surface area contributed by atoms with Crippen LogP contribution in [0.4, 0.5) is 11.4 Å². The van der Waals surface area contributed by atoms with Crippen LogP contribution in [0.2, 0.25) is 0 Å². The van der Waals surface area contributed by atoms with E-state index >= 15 is 0 Å². The number of aromatic nitrogens is 2. The van der Waals surface area contributed by atoms with Crippen molar-refractivity contribution in [1.82, 2.24) is 9.78 Å². The number of H-pyrrole nitrogens is 1. The van der Waals surface area contributed by atoms with Gasteiger partial charge in [-0.05, 0) is 30.3 Å². The van der Waals surface area contributed by atoms with Crippen molar-refractivity contribution in [2.24, 2.45) is 0 Å². The minimum absolute atomic E-state index is 0.0586. The number of carbonyl (C=O) groups is 2. The van der Waals surface area contributed by atoms with Gasteiger partial charge in [0.2, 0.25) is 5.91 Å². The van der Waals surface area contributed by atoms with Gasteiger partial charge in [-0.3, -0.25) is 24.3 Å². The summed E-state index contributed by atoms with van der Waals surface area (Å²) in [7, 11) is 0. The fourth-order valence-corrected chi connectivity index (χ4v) is 2.86. The third-order valence-electron chi connectivity index (χ3n) is 4.08. The zero-order valence-electron chi connectivity index (χ0n) is 13.9. The number of nitrogens with zero attached hydrogens (tertiary/aromatic N) is 1. The maximum absolute atomic E-state index is 12.4. The largest absolute Gasteiger partial charge is 0.482 e. The van der Waals surface area contributed by atoms with E-state index in [-0.39, 0.29) is 29.8 Å². The first-order chi connectivity index (χ1) is 13.0. The van der Waals surface area contributed by atoms with Crippen molar-refractivity contribution in [2.45, 2.75) is 6.54 Å². The van der Waals surface area contributed by atoms with Crippen LogP contribution in [0.3, 0.4) is 0 Å². The van der Waals surface area contributed by atoms with Gasteiger partial charge >= 0.3 is 0 Å². The molecule has 0 spiro atoms. The van der Waals surface area contributed by atoms with Gasteiger partial charge in [-0.15, -0.1) is 0 Å². The van der Waals surface area contributed by atoms with E-state index in [0.29, 0.717) is 17.1 Å². The molecule has 27 heavy (non-hydrogen) atoms. The standard InChI is InChI=1S/C18H14N4O5/c23-15(19-10-5-6-14-13(7-10)20-16(24)9-27-14)8-22-18(26)12-4-2-1-3-11(12)17(25)21-22/h1-7H,8-9H2,(H,19,23)(H,20,24)(H,21,25). The molecule has 9 heteroatoms. The average Bonchev–Trinajstić information content (AvgIpc) is 2.65. The number of benzene rings is 2. The molecule has 1 aromatic heterocycles. The van der Waals surface area contributed by atoms with E-state index in [2.05, 4.69) is 15.7 Å². The molecule has 2 amide bonds. The number of rotatable bonds is 3. The van der Waals surface area contributed by atoms with Crippen LogP contribution < -0.4 is 26.5 Å². The highest BCUT2D eigenvalue weighted by Gasteiger charge is 2.17. The molecule has 0 fully saturated rings. The quantitative estimate of drug-likeness (QED) is 0.628. The highest BCUT2D eigenvalue weighted by atomic mass is 16.5.